The van der Waals surface area contributed by atoms with Gasteiger partial charge in [0.15, 0.2) is 5.78 Å². The van der Waals surface area contributed by atoms with E-state index in [1.807, 2.05) is 32.8 Å². The molecule has 52 heavy (non-hydrogen) atoms. The lowest BCUT2D eigenvalue weighted by Crippen LogP contribution is -2.31. The number of carboxylic acids is 1. The van der Waals surface area contributed by atoms with Crippen LogP contribution < -0.4 is 5.56 Å². The van der Waals surface area contributed by atoms with Crippen LogP contribution in [0.15, 0.2) is 35.3 Å². The zero-order valence-corrected chi connectivity index (χ0v) is 30.1. The highest BCUT2D eigenvalue weighted by Gasteiger charge is 2.39. The van der Waals surface area contributed by atoms with Crippen LogP contribution in [0, 0.1) is 37.2 Å². The molecule has 2 aromatic carbocycles. The van der Waals surface area contributed by atoms with E-state index in [2.05, 4.69) is 0 Å². The van der Waals surface area contributed by atoms with E-state index in [1.54, 1.807) is 0 Å². The fourth-order valence-corrected chi connectivity index (χ4v) is 5.98. The normalized spacial score (nSPS) is 13.2. The Morgan fingerprint density at radius 1 is 0.865 bits per heavy atom. The molecule has 0 fully saturated rings. The van der Waals surface area contributed by atoms with Crippen molar-refractivity contribution in [1.29, 1.82) is 0 Å². The number of aryl methyl sites for hydroxylation is 3. The molecule has 0 spiro atoms. The van der Waals surface area contributed by atoms with Crippen molar-refractivity contribution in [2.24, 2.45) is 5.92 Å². The Morgan fingerprint density at radius 2 is 1.40 bits per heavy atom. The Kier molecular flexibility index (Phi) is 14.9. The van der Waals surface area contributed by atoms with Crippen LogP contribution in [0.2, 0.25) is 0 Å². The molecule has 0 amide bonds. The average Bonchev–Trinajstić information content (AvgIpc) is 2.95. The summed E-state index contributed by atoms with van der Waals surface area (Å²) in [5, 5.41) is 8.85. The molecular formula is C37H43F9N2O4. The van der Waals surface area contributed by atoms with Gasteiger partial charge in [-0.05, 0) is 113 Å². The van der Waals surface area contributed by atoms with Gasteiger partial charge in [-0.3, -0.25) is 14.4 Å². The molecule has 1 heterocycles. The number of hydrogen-bond acceptors (Lipinski definition) is 4. The number of hydrogen-bond donors (Lipinski definition) is 1. The second kappa shape index (κ2) is 17.6. The number of benzene rings is 2. The third-order valence-corrected chi connectivity index (χ3v) is 8.30. The first-order valence-corrected chi connectivity index (χ1v) is 16.3. The van der Waals surface area contributed by atoms with Gasteiger partial charge in [0.25, 0.3) is 5.56 Å². The zero-order chi connectivity index (χ0) is 40.0. The molecule has 2 atom stereocenters. The van der Waals surface area contributed by atoms with Crippen LogP contribution in [0.3, 0.4) is 0 Å². The van der Waals surface area contributed by atoms with Crippen LogP contribution in [0.4, 0.5) is 39.5 Å². The largest absolute Gasteiger partial charge is 0.481 e. The third kappa shape index (κ3) is 11.4. The van der Waals surface area contributed by atoms with Crippen LogP contribution in [0.5, 0.6) is 0 Å². The summed E-state index contributed by atoms with van der Waals surface area (Å²) >= 11 is 0. The number of halogens is 9. The fourth-order valence-electron chi connectivity index (χ4n) is 5.98. The lowest BCUT2D eigenvalue weighted by Gasteiger charge is -2.22. The van der Waals surface area contributed by atoms with Crippen LogP contribution in [-0.2, 0) is 28.4 Å². The monoisotopic (exact) mass is 750 g/mol. The molecule has 1 N–H and O–H groups in total. The Hall–Kier alpha value is -4.14. The molecule has 288 valence electrons. The van der Waals surface area contributed by atoms with Crippen LogP contribution in [0.25, 0.3) is 11.1 Å². The summed E-state index contributed by atoms with van der Waals surface area (Å²) < 4.78 is 124. The number of Topliss-reactive ketones (excluding diaryl/α,β-unsaturated/α-hetero) is 1. The summed E-state index contributed by atoms with van der Waals surface area (Å²) in [6.07, 6.45) is -8.09. The van der Waals surface area contributed by atoms with E-state index in [-0.39, 0.29) is 40.4 Å². The van der Waals surface area contributed by atoms with E-state index in [9.17, 15) is 49.5 Å². The first kappa shape index (κ1) is 44.0. The molecule has 1 aromatic heterocycles. The summed E-state index contributed by atoms with van der Waals surface area (Å²) in [6.45, 7) is 9.72. The van der Waals surface area contributed by atoms with E-state index in [1.165, 1.54) is 31.5 Å². The highest BCUT2D eigenvalue weighted by atomic mass is 19.4. The van der Waals surface area contributed by atoms with Crippen molar-refractivity contribution >= 4 is 11.8 Å². The third-order valence-electron chi connectivity index (χ3n) is 8.30. The minimum Gasteiger partial charge on any atom is -0.481 e. The molecule has 0 saturated heterocycles. The molecule has 3 rings (SSSR count). The molecule has 3 aromatic rings. The molecule has 0 bridgehead atoms. The molecule has 15 heteroatoms. The van der Waals surface area contributed by atoms with Crippen molar-refractivity contribution in [3.63, 3.8) is 0 Å². The van der Waals surface area contributed by atoms with Crippen molar-refractivity contribution in [2.75, 3.05) is 20.6 Å². The number of pyridine rings is 1. The van der Waals surface area contributed by atoms with Crippen LogP contribution in [0.1, 0.15) is 92.3 Å². The lowest BCUT2D eigenvalue weighted by molar-refractivity contribution is -0.140. The number of carbonyl (C=O) groups excluding carboxylic acids is 1. The van der Waals surface area contributed by atoms with E-state index in [4.69, 9.17) is 5.11 Å². The Bertz CT molecular complexity index is 1790. The maximum absolute atomic E-state index is 15.1. The van der Waals surface area contributed by atoms with Gasteiger partial charge in [0, 0.05) is 23.4 Å². The Labute approximate surface area is 296 Å². The van der Waals surface area contributed by atoms with Crippen molar-refractivity contribution in [3.05, 3.63) is 91.6 Å². The number of rotatable bonds is 12. The molecule has 0 saturated carbocycles. The number of carbonyl (C=O) groups is 2. The van der Waals surface area contributed by atoms with E-state index >= 15 is 4.39 Å². The van der Waals surface area contributed by atoms with E-state index in [0.29, 0.717) is 31.5 Å². The fraction of sp³-hybridized carbons (Fsp3) is 0.486. The summed E-state index contributed by atoms with van der Waals surface area (Å²) in [7, 11) is 3.69. The predicted molar refractivity (Wildman–Crippen MR) is 179 cm³/mol. The van der Waals surface area contributed by atoms with Gasteiger partial charge in [-0.25, -0.2) is 13.2 Å². The van der Waals surface area contributed by atoms with E-state index < -0.39 is 82.0 Å². The summed E-state index contributed by atoms with van der Waals surface area (Å²) in [6, 6.07) is 2.29. The lowest BCUT2D eigenvalue weighted by atomic mass is 9.87. The highest BCUT2D eigenvalue weighted by molar-refractivity contribution is 5.80. The SMILES string of the molecule is CC(=O)C(CC(C)C)n1cc(CCCN(C)C)c(C(F)(F)F)cc1=O.Cc1cc(F)cc(C)c1-c1cc(C(F)(F)F)c(F)c([C@@H](C)CC(=O)O)c1F. The molecular weight excluding hydrogens is 707 g/mol. The minimum atomic E-state index is -5.12. The summed E-state index contributed by atoms with van der Waals surface area (Å²) in [4.78, 5) is 37.0. The van der Waals surface area contributed by atoms with Crippen LogP contribution in [-0.4, -0.2) is 47.0 Å². The minimum absolute atomic E-state index is 0.00294. The van der Waals surface area contributed by atoms with Gasteiger partial charge < -0.3 is 14.6 Å². The highest BCUT2D eigenvalue weighted by Crippen LogP contribution is 2.42. The van der Waals surface area contributed by atoms with Gasteiger partial charge in [-0.2, -0.15) is 26.3 Å². The first-order valence-electron chi connectivity index (χ1n) is 16.3. The number of nitrogens with zero attached hydrogens (tertiary/aromatic N) is 2. The topological polar surface area (TPSA) is 79.6 Å². The standard InChI is InChI=1S/C19H16F6O2.C18H27F3N2O2/c1-8-4-11(20)5-9(2)15(8)12-7-13(19(23,24)25)18(22)16(17(12)21)10(3)6-14(26)27;1-12(2)9-16(13(3)24)23-11-14(7-6-8-22(4)5)15(10-17(23)25)18(19,20)21/h4-5,7,10H,6H2,1-3H3,(H,26,27);10-12,16H,6-9H2,1-5H3/t10-;/m0./s1. The van der Waals surface area contributed by atoms with Gasteiger partial charge in [0.2, 0.25) is 0 Å². The molecule has 0 aliphatic heterocycles. The van der Waals surface area contributed by atoms with E-state index in [0.717, 1.165) is 19.1 Å². The molecule has 1 unspecified atom stereocenters. The van der Waals surface area contributed by atoms with Gasteiger partial charge in [0.1, 0.15) is 17.5 Å². The Morgan fingerprint density at radius 3 is 1.85 bits per heavy atom. The smallest absolute Gasteiger partial charge is 0.419 e. The van der Waals surface area contributed by atoms with Crippen molar-refractivity contribution in [3.8, 4) is 11.1 Å². The maximum atomic E-state index is 15.1. The predicted octanol–water partition coefficient (Wildman–Crippen LogP) is 9.52. The summed E-state index contributed by atoms with van der Waals surface area (Å²) in [5.74, 6) is -6.61. The quantitative estimate of drug-likeness (QED) is 0.187. The van der Waals surface area contributed by atoms with Gasteiger partial charge in [-0.1, -0.05) is 20.8 Å². The first-order chi connectivity index (χ1) is 23.8. The molecule has 0 aliphatic rings. The van der Waals surface area contributed by atoms with Gasteiger partial charge in [0.05, 0.1) is 23.6 Å². The second-order valence-corrected chi connectivity index (χ2v) is 13.5. The van der Waals surface area contributed by atoms with Crippen molar-refractivity contribution in [2.45, 2.75) is 91.5 Å². The van der Waals surface area contributed by atoms with Gasteiger partial charge in [-0.15, -0.1) is 0 Å². The van der Waals surface area contributed by atoms with Crippen LogP contribution >= 0.6 is 0 Å². The number of aromatic nitrogens is 1. The summed E-state index contributed by atoms with van der Waals surface area (Å²) in [5.41, 5.74) is -4.49. The maximum Gasteiger partial charge on any atom is 0.419 e. The Balaban J connectivity index is 0.000000361. The molecule has 6 nitrogen and oxygen atoms in total. The second-order valence-electron chi connectivity index (χ2n) is 13.5. The number of alkyl halides is 6. The number of carboxylic acid groups (broad SMARTS) is 1. The van der Waals surface area contributed by atoms with Gasteiger partial charge >= 0.3 is 18.3 Å². The molecule has 0 aliphatic carbocycles. The number of ketones is 1. The average molecular weight is 751 g/mol. The van der Waals surface area contributed by atoms with Crippen molar-refractivity contribution in [1.82, 2.24) is 9.47 Å². The zero-order valence-electron chi connectivity index (χ0n) is 30.1. The van der Waals surface area contributed by atoms with Crippen molar-refractivity contribution < 1.29 is 54.2 Å². The molecule has 0 radical (unpaired) electrons. The number of aliphatic carboxylic acids is 1.